The van der Waals surface area contributed by atoms with Crippen LogP contribution >= 0.6 is 0 Å². The molecule has 0 aromatic heterocycles. The first-order chi connectivity index (χ1) is 6.76. The third-order valence-electron chi connectivity index (χ3n) is 4.18. The molecule has 1 fully saturated rings. The molecule has 1 heteroatoms. The predicted molar refractivity (Wildman–Crippen MR) is 61.4 cm³/mol. The molecule has 0 radical (unpaired) electrons. The summed E-state index contributed by atoms with van der Waals surface area (Å²) in [5, 5.41) is 3.56. The van der Waals surface area contributed by atoms with Crippen molar-refractivity contribution in [1.29, 1.82) is 0 Å². The average Bonchev–Trinajstić information content (AvgIpc) is 2.78. The number of likely N-dealkylation sites (N-methyl/N-ethyl adjacent to an activating group) is 1. The lowest BCUT2D eigenvalue weighted by Gasteiger charge is -2.35. The molecule has 14 heavy (non-hydrogen) atoms. The fourth-order valence-electron chi connectivity index (χ4n) is 3.41. The molecule has 0 spiro atoms. The van der Waals surface area contributed by atoms with Crippen molar-refractivity contribution >= 4 is 0 Å². The highest BCUT2D eigenvalue weighted by molar-refractivity contribution is 5.19. The highest BCUT2D eigenvalue weighted by Crippen LogP contribution is 2.44. The highest BCUT2D eigenvalue weighted by Gasteiger charge is 2.38. The standard InChI is InChI=1S/C13H23N/c1-13(9-5-6-10-13)12(14-2)11-7-3-4-8-11/h7,12,14H,3-6,8-10H2,1-2H3. The number of nitrogens with one attached hydrogen (secondary N) is 1. The van der Waals surface area contributed by atoms with Gasteiger partial charge in [-0.3, -0.25) is 0 Å². The van der Waals surface area contributed by atoms with Gasteiger partial charge in [0.15, 0.2) is 0 Å². The lowest BCUT2D eigenvalue weighted by molar-refractivity contribution is 0.257. The number of hydrogen-bond acceptors (Lipinski definition) is 1. The Kier molecular flexibility index (Phi) is 2.96. The molecule has 0 heterocycles. The molecule has 0 amide bonds. The third kappa shape index (κ3) is 1.75. The maximum Gasteiger partial charge on any atom is 0.0330 e. The number of allylic oxidation sites excluding steroid dienone is 1. The zero-order valence-electron chi connectivity index (χ0n) is 9.60. The van der Waals surface area contributed by atoms with E-state index >= 15 is 0 Å². The van der Waals surface area contributed by atoms with Crippen LogP contribution < -0.4 is 5.32 Å². The lowest BCUT2D eigenvalue weighted by Crippen LogP contribution is -2.41. The Morgan fingerprint density at radius 1 is 1.29 bits per heavy atom. The van der Waals surface area contributed by atoms with Crippen LogP contribution in [0.4, 0.5) is 0 Å². The van der Waals surface area contributed by atoms with Gasteiger partial charge in [-0.05, 0) is 44.6 Å². The Morgan fingerprint density at radius 3 is 2.50 bits per heavy atom. The summed E-state index contributed by atoms with van der Waals surface area (Å²) in [6.45, 7) is 2.47. The molecule has 0 bridgehead atoms. The van der Waals surface area contributed by atoms with Crippen molar-refractivity contribution in [1.82, 2.24) is 5.32 Å². The largest absolute Gasteiger partial charge is 0.313 e. The molecular weight excluding hydrogens is 170 g/mol. The van der Waals surface area contributed by atoms with E-state index in [1.807, 2.05) is 0 Å². The second kappa shape index (κ2) is 4.06. The summed E-state index contributed by atoms with van der Waals surface area (Å²) in [5.74, 6) is 0. The summed E-state index contributed by atoms with van der Waals surface area (Å²) >= 11 is 0. The SMILES string of the molecule is CNC(C1=CCCC1)C1(C)CCCC1. The molecular formula is C13H23N. The van der Waals surface area contributed by atoms with E-state index in [2.05, 4.69) is 25.4 Å². The Hall–Kier alpha value is -0.300. The number of hydrogen-bond donors (Lipinski definition) is 1. The lowest BCUT2D eigenvalue weighted by atomic mass is 9.77. The molecule has 2 aliphatic carbocycles. The van der Waals surface area contributed by atoms with Gasteiger partial charge in [-0.25, -0.2) is 0 Å². The van der Waals surface area contributed by atoms with Crippen LogP contribution in [0.5, 0.6) is 0 Å². The third-order valence-corrected chi connectivity index (χ3v) is 4.18. The average molecular weight is 193 g/mol. The van der Waals surface area contributed by atoms with Crippen LogP contribution in [0.25, 0.3) is 0 Å². The van der Waals surface area contributed by atoms with Crippen LogP contribution in [0.1, 0.15) is 51.9 Å². The molecule has 0 saturated heterocycles. The van der Waals surface area contributed by atoms with Crippen molar-refractivity contribution in [2.75, 3.05) is 7.05 Å². The highest BCUT2D eigenvalue weighted by atomic mass is 14.9. The minimum Gasteiger partial charge on any atom is -0.313 e. The molecule has 0 aromatic carbocycles. The van der Waals surface area contributed by atoms with Gasteiger partial charge in [0.2, 0.25) is 0 Å². The molecule has 1 N–H and O–H groups in total. The fourth-order valence-corrected chi connectivity index (χ4v) is 3.41. The van der Waals surface area contributed by atoms with Gasteiger partial charge < -0.3 is 5.32 Å². The Morgan fingerprint density at radius 2 is 2.00 bits per heavy atom. The Bertz CT molecular complexity index is 223. The maximum absolute atomic E-state index is 3.56. The van der Waals surface area contributed by atoms with Crippen molar-refractivity contribution in [2.45, 2.75) is 57.9 Å². The van der Waals surface area contributed by atoms with Crippen molar-refractivity contribution in [2.24, 2.45) is 5.41 Å². The van der Waals surface area contributed by atoms with Crippen molar-refractivity contribution in [3.05, 3.63) is 11.6 Å². The van der Waals surface area contributed by atoms with Crippen molar-refractivity contribution < 1.29 is 0 Å². The molecule has 0 aromatic rings. The van der Waals surface area contributed by atoms with Crippen molar-refractivity contribution in [3.8, 4) is 0 Å². The van der Waals surface area contributed by atoms with E-state index in [1.165, 1.54) is 44.9 Å². The van der Waals surface area contributed by atoms with Crippen LogP contribution in [0.3, 0.4) is 0 Å². The van der Waals surface area contributed by atoms with Gasteiger partial charge in [0.1, 0.15) is 0 Å². The first kappa shape index (κ1) is 10.2. The van der Waals surface area contributed by atoms with Gasteiger partial charge in [-0.15, -0.1) is 0 Å². The van der Waals surface area contributed by atoms with E-state index in [4.69, 9.17) is 0 Å². The van der Waals surface area contributed by atoms with Gasteiger partial charge >= 0.3 is 0 Å². The monoisotopic (exact) mass is 193 g/mol. The molecule has 2 aliphatic rings. The molecule has 1 unspecified atom stereocenters. The van der Waals surface area contributed by atoms with Crippen LogP contribution in [0.2, 0.25) is 0 Å². The minimum absolute atomic E-state index is 0.547. The topological polar surface area (TPSA) is 12.0 Å². The normalized spacial score (nSPS) is 27.7. The maximum atomic E-state index is 3.56. The first-order valence-corrected chi connectivity index (χ1v) is 6.12. The van der Waals surface area contributed by atoms with Crippen LogP contribution in [-0.2, 0) is 0 Å². The van der Waals surface area contributed by atoms with E-state index in [0.29, 0.717) is 11.5 Å². The van der Waals surface area contributed by atoms with E-state index < -0.39 is 0 Å². The summed E-state index contributed by atoms with van der Waals surface area (Å²) in [7, 11) is 2.13. The quantitative estimate of drug-likeness (QED) is 0.678. The van der Waals surface area contributed by atoms with E-state index in [0.717, 1.165) is 0 Å². The van der Waals surface area contributed by atoms with E-state index in [-0.39, 0.29) is 0 Å². The summed E-state index contributed by atoms with van der Waals surface area (Å²) in [6.07, 6.45) is 12.2. The zero-order valence-corrected chi connectivity index (χ0v) is 9.60. The number of rotatable bonds is 3. The summed E-state index contributed by atoms with van der Waals surface area (Å²) in [5.41, 5.74) is 2.24. The second-order valence-electron chi connectivity index (χ2n) is 5.25. The summed E-state index contributed by atoms with van der Waals surface area (Å²) in [6, 6.07) is 0.660. The van der Waals surface area contributed by atoms with Gasteiger partial charge in [0.25, 0.3) is 0 Å². The predicted octanol–water partition coefficient (Wildman–Crippen LogP) is 3.27. The summed E-state index contributed by atoms with van der Waals surface area (Å²) < 4.78 is 0. The van der Waals surface area contributed by atoms with Gasteiger partial charge in [-0.2, -0.15) is 0 Å². The van der Waals surface area contributed by atoms with Gasteiger partial charge in [0.05, 0.1) is 0 Å². The van der Waals surface area contributed by atoms with Crippen LogP contribution in [0, 0.1) is 5.41 Å². The van der Waals surface area contributed by atoms with E-state index in [9.17, 15) is 0 Å². The molecule has 1 atom stereocenters. The smallest absolute Gasteiger partial charge is 0.0330 e. The Balaban J connectivity index is 2.11. The van der Waals surface area contributed by atoms with Gasteiger partial charge in [0, 0.05) is 6.04 Å². The Labute approximate surface area is 88.0 Å². The molecule has 2 rings (SSSR count). The second-order valence-corrected chi connectivity index (χ2v) is 5.25. The van der Waals surface area contributed by atoms with E-state index in [1.54, 1.807) is 5.57 Å². The molecule has 1 nitrogen and oxygen atoms in total. The molecule has 80 valence electrons. The minimum atomic E-state index is 0.547. The fraction of sp³-hybridized carbons (Fsp3) is 0.846. The van der Waals surface area contributed by atoms with Crippen LogP contribution in [-0.4, -0.2) is 13.1 Å². The molecule has 1 saturated carbocycles. The first-order valence-electron chi connectivity index (χ1n) is 6.12. The summed E-state index contributed by atoms with van der Waals surface area (Å²) in [4.78, 5) is 0. The molecule has 0 aliphatic heterocycles. The van der Waals surface area contributed by atoms with Crippen LogP contribution in [0.15, 0.2) is 11.6 Å². The van der Waals surface area contributed by atoms with Gasteiger partial charge in [-0.1, -0.05) is 31.4 Å². The zero-order chi connectivity index (χ0) is 10.0. The van der Waals surface area contributed by atoms with Crippen molar-refractivity contribution in [3.63, 3.8) is 0 Å².